The van der Waals surface area contributed by atoms with Crippen molar-refractivity contribution in [2.45, 2.75) is 122 Å². The molecule has 0 spiro atoms. The van der Waals surface area contributed by atoms with Crippen LogP contribution in [0.25, 0.3) is 0 Å². The smallest absolute Gasteiger partial charge is 0.550 e. The summed E-state index contributed by atoms with van der Waals surface area (Å²) in [6.07, 6.45) is 26.8. The Kier molecular flexibility index (Phi) is 26.0. The van der Waals surface area contributed by atoms with Crippen LogP contribution in [0.1, 0.15) is 122 Å². The minimum Gasteiger partial charge on any atom is -0.550 e. The zero-order valence-corrected chi connectivity index (χ0v) is 18.0. The predicted molar refractivity (Wildman–Crippen MR) is 103 cm³/mol. The number of allylic oxidation sites excluding steroid dienone is 2. The number of carboxylic acid groups (broad SMARTS) is 1. The number of carbonyl (C=O) groups is 1. The molecule has 0 heterocycles. The third kappa shape index (κ3) is 26.3. The Morgan fingerprint density at radius 1 is 0.640 bits per heavy atom. The van der Waals surface area contributed by atoms with Crippen LogP contribution in [-0.4, -0.2) is 5.97 Å². The summed E-state index contributed by atoms with van der Waals surface area (Å²) in [5.41, 5.74) is 0. The summed E-state index contributed by atoms with van der Waals surface area (Å²) < 4.78 is 0. The number of aliphatic carboxylic acids is 1. The van der Waals surface area contributed by atoms with Crippen LogP contribution in [0.2, 0.25) is 0 Å². The van der Waals surface area contributed by atoms with Gasteiger partial charge < -0.3 is 9.90 Å². The summed E-state index contributed by atoms with van der Waals surface area (Å²) in [5, 5.41) is 10.3. The number of hydrogen-bond donors (Lipinski definition) is 0. The fourth-order valence-corrected chi connectivity index (χ4v) is 3.05. The van der Waals surface area contributed by atoms with Gasteiger partial charge in [0, 0.05) is 5.97 Å². The summed E-state index contributed by atoms with van der Waals surface area (Å²) in [5.74, 6) is -0.906. The van der Waals surface area contributed by atoms with E-state index in [-0.39, 0.29) is 28.8 Å². The summed E-state index contributed by atoms with van der Waals surface area (Å²) >= 11 is 0. The molecule has 0 aliphatic carbocycles. The van der Waals surface area contributed by atoms with Gasteiger partial charge in [-0.25, -0.2) is 0 Å². The Labute approximate surface area is 172 Å². The minimum atomic E-state index is -0.906. The molecule has 0 rings (SSSR count). The molecule has 0 aromatic rings. The van der Waals surface area contributed by atoms with Crippen molar-refractivity contribution in [1.82, 2.24) is 0 Å². The maximum Gasteiger partial charge on any atom is 1.00 e. The van der Waals surface area contributed by atoms with Gasteiger partial charge in [0.25, 0.3) is 0 Å². The maximum absolute atomic E-state index is 10.3. The van der Waals surface area contributed by atoms with E-state index in [4.69, 9.17) is 0 Å². The molecule has 152 valence electrons. The quantitative estimate of drug-likeness (QED) is 0.132. The van der Waals surface area contributed by atoms with E-state index in [9.17, 15) is 9.90 Å². The second-order valence-corrected chi connectivity index (χ2v) is 7.12. The van der Waals surface area contributed by atoms with E-state index in [0.717, 1.165) is 12.8 Å². The van der Waals surface area contributed by atoms with Crippen LogP contribution in [0.3, 0.4) is 0 Å². The number of carbonyl (C=O) groups excluding carboxylic acids is 1. The first-order valence-corrected chi connectivity index (χ1v) is 10.6. The van der Waals surface area contributed by atoms with Gasteiger partial charge in [0.05, 0.1) is 0 Å². The second-order valence-electron chi connectivity index (χ2n) is 7.12. The monoisotopic (exact) mass is 444 g/mol. The van der Waals surface area contributed by atoms with E-state index >= 15 is 0 Å². The van der Waals surface area contributed by atoms with Gasteiger partial charge in [-0.15, -0.1) is 0 Å². The van der Waals surface area contributed by atoms with Gasteiger partial charge in [-0.1, -0.05) is 96.1 Å². The normalized spacial score (nSPS) is 10.9. The Morgan fingerprint density at radius 3 is 1.40 bits per heavy atom. The molecule has 0 radical (unpaired) electrons. The fourth-order valence-electron chi connectivity index (χ4n) is 3.05. The van der Waals surface area contributed by atoms with Gasteiger partial charge in [0.2, 0.25) is 0 Å². The third-order valence-electron chi connectivity index (χ3n) is 4.64. The van der Waals surface area contributed by atoms with Crippen molar-refractivity contribution >= 4 is 5.97 Å². The maximum atomic E-state index is 10.3. The van der Waals surface area contributed by atoms with Gasteiger partial charge in [-0.3, -0.25) is 0 Å². The molecule has 0 unspecified atom stereocenters. The van der Waals surface area contributed by atoms with Crippen LogP contribution in [0.4, 0.5) is 0 Å². The van der Waals surface area contributed by atoms with Crippen molar-refractivity contribution in [3.05, 3.63) is 12.2 Å². The first kappa shape index (κ1) is 27.2. The molecule has 3 heteroatoms. The molecule has 0 bridgehead atoms. The Balaban J connectivity index is 0. The van der Waals surface area contributed by atoms with Gasteiger partial charge in [0.15, 0.2) is 0 Å². The topological polar surface area (TPSA) is 40.1 Å². The molecule has 0 aromatic heterocycles. The molecule has 0 N–H and O–H groups in total. The summed E-state index contributed by atoms with van der Waals surface area (Å²) in [6, 6.07) is 0. The molecule has 0 atom stereocenters. The Bertz CT molecular complexity index is 290. The predicted octanol–water partition coefficient (Wildman–Crippen LogP) is 6.33. The largest absolute Gasteiger partial charge is 1.00 e. The van der Waals surface area contributed by atoms with Crippen molar-refractivity contribution in [1.29, 1.82) is 0 Å². The van der Waals surface area contributed by atoms with Crippen molar-refractivity contribution in [2.75, 3.05) is 0 Å². The average molecular weight is 445 g/mol. The van der Waals surface area contributed by atoms with Gasteiger partial charge in [-0.05, 0) is 38.5 Å². The SMILES string of the molecule is CCCCCCCC/C=C\CCCCCCCCCCCC(=O)[O-].[Ag+]. The number of unbranched alkanes of at least 4 members (excludes halogenated alkanes) is 15. The van der Waals surface area contributed by atoms with E-state index in [0.29, 0.717) is 0 Å². The van der Waals surface area contributed by atoms with E-state index < -0.39 is 5.97 Å². The van der Waals surface area contributed by atoms with Crippen LogP contribution >= 0.6 is 0 Å². The van der Waals surface area contributed by atoms with Crippen molar-refractivity contribution < 1.29 is 32.3 Å². The van der Waals surface area contributed by atoms with Gasteiger partial charge in [-0.2, -0.15) is 0 Å². The van der Waals surface area contributed by atoms with Crippen molar-refractivity contribution in [3.63, 3.8) is 0 Å². The van der Waals surface area contributed by atoms with E-state index in [2.05, 4.69) is 19.1 Å². The minimum absolute atomic E-state index is 0. The van der Waals surface area contributed by atoms with Crippen LogP contribution in [0, 0.1) is 0 Å². The molecule has 0 aliphatic heterocycles. The number of carboxylic acids is 1. The first-order valence-electron chi connectivity index (χ1n) is 10.6. The zero-order chi connectivity index (χ0) is 17.7. The van der Waals surface area contributed by atoms with Crippen LogP contribution in [0.15, 0.2) is 12.2 Å². The summed E-state index contributed by atoms with van der Waals surface area (Å²) in [7, 11) is 0. The zero-order valence-electron chi connectivity index (χ0n) is 16.5. The van der Waals surface area contributed by atoms with E-state index in [1.165, 1.54) is 96.3 Å². The number of hydrogen-bond acceptors (Lipinski definition) is 2. The van der Waals surface area contributed by atoms with Crippen molar-refractivity contribution in [2.24, 2.45) is 0 Å². The molecule has 0 aromatic carbocycles. The molecular weight excluding hydrogens is 404 g/mol. The van der Waals surface area contributed by atoms with Crippen LogP contribution in [-0.2, 0) is 27.2 Å². The third-order valence-corrected chi connectivity index (χ3v) is 4.64. The summed E-state index contributed by atoms with van der Waals surface area (Å²) in [6.45, 7) is 2.27. The first-order chi connectivity index (χ1) is 11.8. The molecule has 0 aliphatic rings. The molecule has 2 nitrogen and oxygen atoms in total. The molecule has 0 saturated carbocycles. The standard InChI is InChI=1S/C22H42O2.Ag/c1-2-3-4-5-6-7-8-9-10-11-12-13-14-15-16-17-18-19-20-21-22(23)24;/h9-10H,2-8,11-21H2,1H3,(H,23,24);/q;+1/p-1/b10-9-;. The van der Waals surface area contributed by atoms with E-state index in [1.807, 2.05) is 0 Å². The fraction of sp³-hybridized carbons (Fsp3) is 0.864. The second kappa shape index (κ2) is 24.0. The van der Waals surface area contributed by atoms with Crippen LogP contribution < -0.4 is 5.11 Å². The Hall–Kier alpha value is -0.0497. The molecule has 25 heavy (non-hydrogen) atoms. The molecular formula is C22H41AgO2. The summed E-state index contributed by atoms with van der Waals surface area (Å²) in [4.78, 5) is 10.3. The molecule has 0 amide bonds. The number of rotatable bonds is 19. The molecule has 0 fully saturated rings. The van der Waals surface area contributed by atoms with Gasteiger partial charge in [0.1, 0.15) is 0 Å². The van der Waals surface area contributed by atoms with Gasteiger partial charge >= 0.3 is 22.4 Å². The Morgan fingerprint density at radius 2 is 1.00 bits per heavy atom. The molecule has 0 saturated heterocycles. The average Bonchev–Trinajstić information content (AvgIpc) is 2.56. The van der Waals surface area contributed by atoms with Crippen molar-refractivity contribution in [3.8, 4) is 0 Å². The van der Waals surface area contributed by atoms with Crippen LogP contribution in [0.5, 0.6) is 0 Å². The van der Waals surface area contributed by atoms with E-state index in [1.54, 1.807) is 0 Å².